The molecule has 0 bridgehead atoms. The average molecular weight is 450 g/mol. The van der Waals surface area contributed by atoms with E-state index in [9.17, 15) is 4.79 Å². The Balaban J connectivity index is 1.41. The third-order valence-corrected chi connectivity index (χ3v) is 5.41. The Morgan fingerprint density at radius 1 is 1.03 bits per heavy atom. The Kier molecular flexibility index (Phi) is 6.32. The molecule has 1 amide bonds. The molecule has 0 fully saturated rings. The second-order valence-electron chi connectivity index (χ2n) is 7.65. The largest absolute Gasteiger partial charge is 0.486 e. The molecule has 1 N–H and O–H groups in total. The van der Waals surface area contributed by atoms with E-state index in [2.05, 4.69) is 41.6 Å². The van der Waals surface area contributed by atoms with Gasteiger partial charge in [0.1, 0.15) is 18.1 Å². The predicted molar refractivity (Wildman–Crippen MR) is 124 cm³/mol. The van der Waals surface area contributed by atoms with Crippen LogP contribution in [0.15, 0.2) is 65.1 Å². The highest BCUT2D eigenvalue weighted by Crippen LogP contribution is 2.23. The van der Waals surface area contributed by atoms with Crippen LogP contribution in [0.2, 0.25) is 5.02 Å². The van der Waals surface area contributed by atoms with Crippen molar-refractivity contribution in [1.82, 2.24) is 9.78 Å². The van der Waals surface area contributed by atoms with Crippen LogP contribution in [-0.4, -0.2) is 15.7 Å². The van der Waals surface area contributed by atoms with Crippen molar-refractivity contribution < 1.29 is 13.9 Å². The van der Waals surface area contributed by atoms with Crippen LogP contribution in [-0.2, 0) is 13.2 Å². The Morgan fingerprint density at radius 3 is 2.47 bits per heavy atom. The summed E-state index contributed by atoms with van der Waals surface area (Å²) in [7, 11) is 0. The van der Waals surface area contributed by atoms with Gasteiger partial charge in [-0.2, -0.15) is 5.10 Å². The number of carbonyl (C=O) groups excluding carboxylic acids is 1. The van der Waals surface area contributed by atoms with Gasteiger partial charge in [0.05, 0.1) is 23.6 Å². The number of carbonyl (C=O) groups is 1. The molecule has 0 aliphatic heterocycles. The minimum absolute atomic E-state index is 0.210. The standard InChI is InChI=1S/C25H24ClN3O3/c1-16-4-6-19(7-5-16)14-29-18(3)24(17(2)28-29)27-25(30)23-13-12-22(32-23)15-31-21-10-8-20(26)9-11-21/h4-13H,14-15H2,1-3H3,(H,27,30). The first kappa shape index (κ1) is 21.7. The number of hydrogen-bond donors (Lipinski definition) is 1. The first-order valence-corrected chi connectivity index (χ1v) is 10.6. The van der Waals surface area contributed by atoms with Crippen LogP contribution >= 0.6 is 11.6 Å². The summed E-state index contributed by atoms with van der Waals surface area (Å²) in [6.45, 7) is 6.72. The highest BCUT2D eigenvalue weighted by atomic mass is 35.5. The zero-order chi connectivity index (χ0) is 22.7. The molecule has 0 spiro atoms. The van der Waals surface area contributed by atoms with E-state index in [0.717, 1.165) is 17.0 Å². The fourth-order valence-electron chi connectivity index (χ4n) is 3.34. The molecule has 0 aliphatic rings. The lowest BCUT2D eigenvalue weighted by Gasteiger charge is -2.07. The molecular weight excluding hydrogens is 426 g/mol. The van der Waals surface area contributed by atoms with Gasteiger partial charge in [-0.25, -0.2) is 0 Å². The van der Waals surface area contributed by atoms with E-state index in [1.54, 1.807) is 36.4 Å². The second kappa shape index (κ2) is 9.32. The number of aromatic nitrogens is 2. The number of nitrogens with one attached hydrogen (secondary N) is 1. The van der Waals surface area contributed by atoms with E-state index in [-0.39, 0.29) is 18.3 Å². The van der Waals surface area contributed by atoms with Crippen molar-refractivity contribution in [2.24, 2.45) is 0 Å². The lowest BCUT2D eigenvalue weighted by molar-refractivity contribution is 0.0992. The van der Waals surface area contributed by atoms with Crippen molar-refractivity contribution in [3.63, 3.8) is 0 Å². The zero-order valence-corrected chi connectivity index (χ0v) is 18.9. The van der Waals surface area contributed by atoms with Crippen LogP contribution in [0.25, 0.3) is 0 Å². The quantitative estimate of drug-likeness (QED) is 0.379. The molecule has 7 heteroatoms. The van der Waals surface area contributed by atoms with Gasteiger partial charge in [0.15, 0.2) is 5.76 Å². The van der Waals surface area contributed by atoms with Gasteiger partial charge in [0.2, 0.25) is 0 Å². The van der Waals surface area contributed by atoms with Crippen LogP contribution in [0.5, 0.6) is 5.75 Å². The average Bonchev–Trinajstić information content (AvgIpc) is 3.35. The van der Waals surface area contributed by atoms with Crippen molar-refractivity contribution >= 4 is 23.2 Å². The topological polar surface area (TPSA) is 69.3 Å². The Labute approximate surface area is 191 Å². The minimum atomic E-state index is -0.330. The third-order valence-electron chi connectivity index (χ3n) is 5.15. The molecule has 0 unspecified atom stereocenters. The maximum atomic E-state index is 12.8. The van der Waals surface area contributed by atoms with Crippen LogP contribution < -0.4 is 10.1 Å². The van der Waals surface area contributed by atoms with Gasteiger partial charge in [-0.15, -0.1) is 0 Å². The summed E-state index contributed by atoms with van der Waals surface area (Å²) in [5.41, 5.74) is 4.69. The minimum Gasteiger partial charge on any atom is -0.486 e. The molecule has 6 nitrogen and oxygen atoms in total. The molecule has 2 aromatic carbocycles. The van der Waals surface area contributed by atoms with Gasteiger partial charge < -0.3 is 14.5 Å². The molecule has 0 saturated heterocycles. The number of anilines is 1. The normalized spacial score (nSPS) is 10.9. The Morgan fingerprint density at radius 2 is 1.75 bits per heavy atom. The predicted octanol–water partition coefficient (Wildman–Crippen LogP) is 5.93. The van der Waals surface area contributed by atoms with Crippen LogP contribution in [0.4, 0.5) is 5.69 Å². The highest BCUT2D eigenvalue weighted by molar-refractivity contribution is 6.30. The lowest BCUT2D eigenvalue weighted by atomic mass is 10.1. The van der Waals surface area contributed by atoms with E-state index in [4.69, 9.17) is 20.8 Å². The maximum Gasteiger partial charge on any atom is 0.291 e. The Hall–Kier alpha value is -3.51. The van der Waals surface area contributed by atoms with E-state index < -0.39 is 0 Å². The van der Waals surface area contributed by atoms with Crippen molar-refractivity contribution in [2.45, 2.75) is 33.9 Å². The van der Waals surface area contributed by atoms with E-state index in [1.165, 1.54) is 5.56 Å². The smallest absolute Gasteiger partial charge is 0.291 e. The summed E-state index contributed by atoms with van der Waals surface area (Å²) in [4.78, 5) is 12.8. The molecule has 0 saturated carbocycles. The van der Waals surface area contributed by atoms with Crippen LogP contribution in [0.1, 0.15) is 38.8 Å². The number of amides is 1. The van der Waals surface area contributed by atoms with Gasteiger partial charge in [-0.1, -0.05) is 41.4 Å². The maximum absolute atomic E-state index is 12.8. The number of ether oxygens (including phenoxy) is 1. The number of benzene rings is 2. The van der Waals surface area contributed by atoms with Gasteiger partial charge in [-0.05, 0) is 62.7 Å². The third kappa shape index (κ3) is 5.03. The summed E-state index contributed by atoms with van der Waals surface area (Å²) in [5.74, 6) is 1.10. The number of halogens is 1. The molecule has 4 aromatic rings. The van der Waals surface area contributed by atoms with Crippen molar-refractivity contribution in [3.8, 4) is 5.75 Å². The summed E-state index contributed by atoms with van der Waals surface area (Å²) in [5, 5.41) is 8.16. The number of aryl methyl sites for hydroxylation is 2. The summed E-state index contributed by atoms with van der Waals surface area (Å²) in [6.07, 6.45) is 0. The van der Waals surface area contributed by atoms with Crippen LogP contribution in [0.3, 0.4) is 0 Å². The van der Waals surface area contributed by atoms with E-state index in [1.807, 2.05) is 18.5 Å². The molecule has 164 valence electrons. The van der Waals surface area contributed by atoms with Gasteiger partial charge >= 0.3 is 0 Å². The number of rotatable bonds is 7. The SMILES string of the molecule is Cc1ccc(Cn2nc(C)c(NC(=O)c3ccc(COc4ccc(Cl)cc4)o3)c2C)cc1. The van der Waals surface area contributed by atoms with E-state index >= 15 is 0 Å². The van der Waals surface area contributed by atoms with E-state index in [0.29, 0.717) is 28.8 Å². The fraction of sp³-hybridized carbons (Fsp3) is 0.200. The molecule has 0 aliphatic carbocycles. The fourth-order valence-corrected chi connectivity index (χ4v) is 3.46. The molecule has 0 atom stereocenters. The summed E-state index contributed by atoms with van der Waals surface area (Å²) < 4.78 is 13.2. The molecule has 32 heavy (non-hydrogen) atoms. The summed E-state index contributed by atoms with van der Waals surface area (Å²) >= 11 is 5.88. The summed E-state index contributed by atoms with van der Waals surface area (Å²) in [6, 6.07) is 18.7. The number of nitrogens with zero attached hydrogens (tertiary/aromatic N) is 2. The van der Waals surface area contributed by atoms with Crippen molar-refractivity contribution in [1.29, 1.82) is 0 Å². The first-order chi connectivity index (χ1) is 15.4. The molecule has 2 aromatic heterocycles. The molecule has 2 heterocycles. The second-order valence-corrected chi connectivity index (χ2v) is 8.09. The number of hydrogen-bond acceptors (Lipinski definition) is 4. The molecule has 0 radical (unpaired) electrons. The Bertz CT molecular complexity index is 1220. The van der Waals surface area contributed by atoms with Crippen molar-refractivity contribution in [2.75, 3.05) is 5.32 Å². The lowest BCUT2D eigenvalue weighted by Crippen LogP contribution is -2.12. The first-order valence-electron chi connectivity index (χ1n) is 10.3. The molecular formula is C25H24ClN3O3. The molecule has 4 rings (SSSR count). The zero-order valence-electron chi connectivity index (χ0n) is 18.2. The number of furan rings is 1. The monoisotopic (exact) mass is 449 g/mol. The van der Waals surface area contributed by atoms with Gasteiger partial charge in [0, 0.05) is 5.02 Å². The van der Waals surface area contributed by atoms with Crippen molar-refractivity contribution in [3.05, 3.63) is 99.7 Å². The van der Waals surface area contributed by atoms with Gasteiger partial charge in [-0.3, -0.25) is 9.48 Å². The van der Waals surface area contributed by atoms with Gasteiger partial charge in [0.25, 0.3) is 5.91 Å². The van der Waals surface area contributed by atoms with Crippen LogP contribution in [0, 0.1) is 20.8 Å². The highest BCUT2D eigenvalue weighted by Gasteiger charge is 2.18.